The van der Waals surface area contributed by atoms with Crippen molar-refractivity contribution in [2.75, 3.05) is 13.7 Å². The Labute approximate surface area is 88.2 Å². The molecule has 2 rings (SSSR count). The van der Waals surface area contributed by atoms with Crippen LogP contribution in [0.1, 0.15) is 24.5 Å². The van der Waals surface area contributed by atoms with Crippen molar-refractivity contribution >= 4 is 5.97 Å². The van der Waals surface area contributed by atoms with Crippen molar-refractivity contribution < 1.29 is 9.53 Å². The molecular formula is C10H15N3O2. The van der Waals surface area contributed by atoms with E-state index in [4.69, 9.17) is 4.74 Å². The minimum absolute atomic E-state index is 0.147. The molecule has 1 aliphatic rings. The van der Waals surface area contributed by atoms with Crippen molar-refractivity contribution in [2.24, 2.45) is 0 Å². The fourth-order valence-electron chi connectivity index (χ4n) is 2.07. The SMILES string of the molecule is COC(=O)[C@@H]1NCCC[C@H]1c1cnc[nH]1. The van der Waals surface area contributed by atoms with Crippen LogP contribution in [-0.4, -0.2) is 35.6 Å². The fourth-order valence-corrected chi connectivity index (χ4v) is 2.07. The Balaban J connectivity index is 2.16. The molecule has 1 aromatic heterocycles. The minimum Gasteiger partial charge on any atom is -0.468 e. The smallest absolute Gasteiger partial charge is 0.323 e. The van der Waals surface area contributed by atoms with Gasteiger partial charge in [-0.25, -0.2) is 4.98 Å². The molecule has 5 heteroatoms. The van der Waals surface area contributed by atoms with Crippen LogP contribution in [0.25, 0.3) is 0 Å². The zero-order valence-corrected chi connectivity index (χ0v) is 8.69. The van der Waals surface area contributed by atoms with E-state index in [-0.39, 0.29) is 17.9 Å². The number of piperidine rings is 1. The zero-order valence-electron chi connectivity index (χ0n) is 8.69. The van der Waals surface area contributed by atoms with E-state index in [0.29, 0.717) is 0 Å². The summed E-state index contributed by atoms with van der Waals surface area (Å²) in [7, 11) is 1.42. The lowest BCUT2D eigenvalue weighted by Crippen LogP contribution is -2.46. The summed E-state index contributed by atoms with van der Waals surface area (Å²) in [5.41, 5.74) is 0.998. The Morgan fingerprint density at radius 3 is 3.20 bits per heavy atom. The van der Waals surface area contributed by atoms with Crippen LogP contribution in [0.5, 0.6) is 0 Å². The maximum atomic E-state index is 11.6. The van der Waals surface area contributed by atoms with Crippen LogP contribution in [0.2, 0.25) is 0 Å². The number of hydrogen-bond acceptors (Lipinski definition) is 4. The van der Waals surface area contributed by atoms with Gasteiger partial charge >= 0.3 is 5.97 Å². The summed E-state index contributed by atoms with van der Waals surface area (Å²) in [6.45, 7) is 0.865. The largest absolute Gasteiger partial charge is 0.468 e. The van der Waals surface area contributed by atoms with E-state index in [1.165, 1.54) is 7.11 Å². The molecule has 1 aliphatic heterocycles. The Morgan fingerprint density at radius 2 is 2.53 bits per heavy atom. The van der Waals surface area contributed by atoms with Gasteiger partial charge in [-0.05, 0) is 19.4 Å². The van der Waals surface area contributed by atoms with Gasteiger partial charge in [-0.3, -0.25) is 4.79 Å². The van der Waals surface area contributed by atoms with Crippen molar-refractivity contribution in [3.8, 4) is 0 Å². The first kappa shape index (κ1) is 10.2. The predicted molar refractivity (Wildman–Crippen MR) is 54.4 cm³/mol. The van der Waals surface area contributed by atoms with Crippen LogP contribution in [0, 0.1) is 0 Å². The van der Waals surface area contributed by atoms with Gasteiger partial charge in [0.05, 0.1) is 13.4 Å². The van der Waals surface area contributed by atoms with Gasteiger partial charge in [0.25, 0.3) is 0 Å². The third-order valence-corrected chi connectivity index (χ3v) is 2.83. The summed E-state index contributed by atoms with van der Waals surface area (Å²) in [5, 5.41) is 3.19. The number of aromatic amines is 1. The first-order chi connectivity index (χ1) is 7.33. The van der Waals surface area contributed by atoms with Crippen LogP contribution in [0.4, 0.5) is 0 Å². The topological polar surface area (TPSA) is 67.0 Å². The number of hydrogen-bond donors (Lipinski definition) is 2. The molecule has 5 nitrogen and oxygen atoms in total. The van der Waals surface area contributed by atoms with E-state index >= 15 is 0 Å². The molecule has 0 unspecified atom stereocenters. The monoisotopic (exact) mass is 209 g/mol. The second-order valence-electron chi connectivity index (χ2n) is 3.71. The summed E-state index contributed by atoms with van der Waals surface area (Å²) in [5.74, 6) is -0.0528. The minimum atomic E-state index is -0.246. The van der Waals surface area contributed by atoms with E-state index in [1.807, 2.05) is 0 Å². The summed E-state index contributed by atoms with van der Waals surface area (Å²) in [6.07, 6.45) is 5.46. The van der Waals surface area contributed by atoms with Crippen molar-refractivity contribution in [1.29, 1.82) is 0 Å². The molecule has 0 spiro atoms. The van der Waals surface area contributed by atoms with Gasteiger partial charge in [0.1, 0.15) is 6.04 Å². The highest BCUT2D eigenvalue weighted by Crippen LogP contribution is 2.26. The van der Waals surface area contributed by atoms with Gasteiger partial charge in [-0.15, -0.1) is 0 Å². The van der Waals surface area contributed by atoms with Gasteiger partial charge in [-0.2, -0.15) is 0 Å². The van der Waals surface area contributed by atoms with E-state index in [1.54, 1.807) is 12.5 Å². The molecule has 1 aromatic rings. The van der Waals surface area contributed by atoms with Crippen molar-refractivity contribution in [3.05, 3.63) is 18.2 Å². The molecule has 0 radical (unpaired) electrons. The third kappa shape index (κ3) is 2.02. The van der Waals surface area contributed by atoms with Crippen LogP contribution in [0.15, 0.2) is 12.5 Å². The highest BCUT2D eigenvalue weighted by Gasteiger charge is 2.33. The number of rotatable bonds is 2. The van der Waals surface area contributed by atoms with Gasteiger partial charge < -0.3 is 15.0 Å². The standard InChI is InChI=1S/C10H15N3O2/c1-15-10(14)9-7(3-2-4-12-9)8-5-11-6-13-8/h5-7,9,12H,2-4H2,1H3,(H,11,13)/t7-,9+/m0/s1. The summed E-state index contributed by atoms with van der Waals surface area (Å²) >= 11 is 0. The lowest BCUT2D eigenvalue weighted by Gasteiger charge is -2.29. The fraction of sp³-hybridized carbons (Fsp3) is 0.600. The first-order valence-electron chi connectivity index (χ1n) is 5.12. The average Bonchev–Trinajstić information content (AvgIpc) is 2.81. The zero-order chi connectivity index (χ0) is 10.7. The second-order valence-corrected chi connectivity index (χ2v) is 3.71. The summed E-state index contributed by atoms with van der Waals surface area (Å²) in [4.78, 5) is 18.6. The quantitative estimate of drug-likeness (QED) is 0.693. The lowest BCUT2D eigenvalue weighted by molar-refractivity contribution is -0.144. The molecule has 0 amide bonds. The molecule has 2 N–H and O–H groups in total. The molecule has 1 fully saturated rings. The van der Waals surface area contributed by atoms with Crippen LogP contribution in [0.3, 0.4) is 0 Å². The molecule has 2 heterocycles. The normalized spacial score (nSPS) is 26.2. The number of esters is 1. The Hall–Kier alpha value is -1.36. The number of H-pyrrole nitrogens is 1. The predicted octanol–water partition coefficient (Wildman–Crippen LogP) is 0.418. The molecule has 0 aromatic carbocycles. The van der Waals surface area contributed by atoms with Crippen molar-refractivity contribution in [1.82, 2.24) is 15.3 Å². The van der Waals surface area contributed by atoms with Gasteiger partial charge in [0.2, 0.25) is 0 Å². The molecule has 0 bridgehead atoms. The summed E-state index contributed by atoms with van der Waals surface area (Å²) in [6, 6.07) is -0.246. The number of ether oxygens (including phenoxy) is 1. The lowest BCUT2D eigenvalue weighted by atomic mass is 9.88. The Bertz CT molecular complexity index is 323. The van der Waals surface area contributed by atoms with Crippen LogP contribution < -0.4 is 5.32 Å². The van der Waals surface area contributed by atoms with Gasteiger partial charge in [0.15, 0.2) is 0 Å². The highest BCUT2D eigenvalue weighted by atomic mass is 16.5. The number of imidazole rings is 1. The molecule has 0 saturated carbocycles. The second kappa shape index (κ2) is 4.44. The molecule has 82 valence electrons. The maximum Gasteiger partial charge on any atom is 0.323 e. The molecular weight excluding hydrogens is 194 g/mol. The van der Waals surface area contributed by atoms with Crippen molar-refractivity contribution in [2.45, 2.75) is 24.8 Å². The molecule has 0 aliphatic carbocycles. The van der Waals surface area contributed by atoms with E-state index in [2.05, 4.69) is 15.3 Å². The molecule has 2 atom stereocenters. The first-order valence-corrected chi connectivity index (χ1v) is 5.12. The van der Waals surface area contributed by atoms with E-state index in [0.717, 1.165) is 25.1 Å². The highest BCUT2D eigenvalue weighted by molar-refractivity contribution is 5.77. The van der Waals surface area contributed by atoms with E-state index in [9.17, 15) is 4.79 Å². The van der Waals surface area contributed by atoms with Gasteiger partial charge in [0, 0.05) is 17.8 Å². The molecule has 15 heavy (non-hydrogen) atoms. The number of aromatic nitrogens is 2. The number of methoxy groups -OCH3 is 1. The molecule has 1 saturated heterocycles. The van der Waals surface area contributed by atoms with Crippen molar-refractivity contribution in [3.63, 3.8) is 0 Å². The number of nitrogens with zero attached hydrogens (tertiary/aromatic N) is 1. The Kier molecular flexibility index (Phi) is 3.01. The number of carbonyl (C=O) groups excluding carboxylic acids is 1. The van der Waals surface area contributed by atoms with Crippen LogP contribution >= 0.6 is 0 Å². The van der Waals surface area contributed by atoms with Crippen LogP contribution in [-0.2, 0) is 9.53 Å². The summed E-state index contributed by atoms with van der Waals surface area (Å²) < 4.78 is 4.78. The maximum absolute atomic E-state index is 11.6. The number of nitrogens with one attached hydrogen (secondary N) is 2. The third-order valence-electron chi connectivity index (χ3n) is 2.83. The van der Waals surface area contributed by atoms with E-state index < -0.39 is 0 Å². The Morgan fingerprint density at radius 1 is 1.67 bits per heavy atom. The van der Waals surface area contributed by atoms with Gasteiger partial charge in [-0.1, -0.05) is 0 Å². The average molecular weight is 209 g/mol. The number of carbonyl (C=O) groups is 1.